The van der Waals surface area contributed by atoms with Crippen molar-refractivity contribution >= 4 is 22.1 Å². The van der Waals surface area contributed by atoms with Gasteiger partial charge < -0.3 is 10.1 Å². The SMILES string of the molecule is CNC(c1sccc1OC)c1cccc2ccncc12. The Bertz CT molecular complexity index is 718. The van der Waals surface area contributed by atoms with E-state index in [0.29, 0.717) is 0 Å². The second kappa shape index (κ2) is 5.61. The highest BCUT2D eigenvalue weighted by Gasteiger charge is 2.19. The molecule has 1 atom stereocenters. The molecule has 0 aliphatic carbocycles. The van der Waals surface area contributed by atoms with Crippen molar-refractivity contribution in [3.63, 3.8) is 0 Å². The third-order valence-electron chi connectivity index (χ3n) is 3.46. The minimum Gasteiger partial charge on any atom is -0.496 e. The molecule has 0 spiro atoms. The molecule has 2 aromatic heterocycles. The van der Waals surface area contributed by atoms with E-state index in [4.69, 9.17) is 4.74 Å². The fourth-order valence-corrected chi connectivity index (χ4v) is 3.49. The third-order valence-corrected chi connectivity index (χ3v) is 4.42. The Morgan fingerprint density at radius 1 is 1.25 bits per heavy atom. The topological polar surface area (TPSA) is 34.1 Å². The first-order valence-corrected chi connectivity index (χ1v) is 7.34. The molecular weight excluding hydrogens is 268 g/mol. The fraction of sp³-hybridized carbons (Fsp3) is 0.188. The molecule has 0 saturated heterocycles. The fourth-order valence-electron chi connectivity index (χ4n) is 2.50. The Kier molecular flexibility index (Phi) is 3.67. The van der Waals surface area contributed by atoms with E-state index >= 15 is 0 Å². The zero-order valence-corrected chi connectivity index (χ0v) is 12.3. The zero-order chi connectivity index (χ0) is 13.9. The van der Waals surface area contributed by atoms with Crippen molar-refractivity contribution in [2.75, 3.05) is 14.2 Å². The van der Waals surface area contributed by atoms with Crippen molar-refractivity contribution in [2.24, 2.45) is 0 Å². The molecule has 0 amide bonds. The van der Waals surface area contributed by atoms with Gasteiger partial charge in [0.05, 0.1) is 18.0 Å². The maximum Gasteiger partial charge on any atom is 0.134 e. The molecule has 3 rings (SSSR count). The van der Waals surface area contributed by atoms with E-state index in [9.17, 15) is 0 Å². The van der Waals surface area contributed by atoms with Gasteiger partial charge in [-0.1, -0.05) is 18.2 Å². The maximum atomic E-state index is 5.46. The summed E-state index contributed by atoms with van der Waals surface area (Å²) in [7, 11) is 3.68. The predicted molar refractivity (Wildman–Crippen MR) is 83.5 cm³/mol. The van der Waals surface area contributed by atoms with Gasteiger partial charge in [0.25, 0.3) is 0 Å². The van der Waals surface area contributed by atoms with Crippen molar-refractivity contribution in [1.29, 1.82) is 0 Å². The summed E-state index contributed by atoms with van der Waals surface area (Å²) >= 11 is 1.70. The molecular formula is C16H16N2OS. The van der Waals surface area contributed by atoms with Crippen LogP contribution in [-0.2, 0) is 0 Å². The van der Waals surface area contributed by atoms with Gasteiger partial charge in [-0.25, -0.2) is 0 Å². The lowest BCUT2D eigenvalue weighted by atomic mass is 9.99. The van der Waals surface area contributed by atoms with Crippen LogP contribution >= 0.6 is 11.3 Å². The predicted octanol–water partition coefficient (Wildman–Crippen LogP) is 3.61. The van der Waals surface area contributed by atoms with Gasteiger partial charge in [0.1, 0.15) is 5.75 Å². The number of aromatic nitrogens is 1. The quantitative estimate of drug-likeness (QED) is 0.794. The normalized spacial score (nSPS) is 12.5. The highest BCUT2D eigenvalue weighted by atomic mass is 32.1. The molecule has 1 unspecified atom stereocenters. The molecule has 0 saturated carbocycles. The van der Waals surface area contributed by atoms with Crippen LogP contribution in [0.25, 0.3) is 10.8 Å². The van der Waals surface area contributed by atoms with Crippen molar-refractivity contribution in [3.8, 4) is 5.75 Å². The third kappa shape index (κ3) is 2.17. The van der Waals surface area contributed by atoms with Crippen LogP contribution in [0, 0.1) is 0 Å². The van der Waals surface area contributed by atoms with Crippen LogP contribution in [0.2, 0.25) is 0 Å². The molecule has 0 radical (unpaired) electrons. The van der Waals surface area contributed by atoms with E-state index in [0.717, 1.165) is 5.75 Å². The van der Waals surface area contributed by atoms with Crippen LogP contribution in [0.15, 0.2) is 48.1 Å². The number of ether oxygens (including phenoxy) is 1. The second-order valence-corrected chi connectivity index (χ2v) is 5.47. The summed E-state index contributed by atoms with van der Waals surface area (Å²) in [5, 5.41) is 7.82. The van der Waals surface area contributed by atoms with Crippen LogP contribution in [-0.4, -0.2) is 19.1 Å². The summed E-state index contributed by atoms with van der Waals surface area (Å²) in [4.78, 5) is 5.44. The summed E-state index contributed by atoms with van der Waals surface area (Å²) in [6, 6.07) is 10.5. The average molecular weight is 284 g/mol. The Morgan fingerprint density at radius 2 is 2.15 bits per heavy atom. The molecule has 0 fully saturated rings. The molecule has 3 aromatic rings. The second-order valence-electron chi connectivity index (χ2n) is 4.52. The number of hydrogen-bond donors (Lipinski definition) is 1. The first kappa shape index (κ1) is 13.1. The minimum atomic E-state index is 0.109. The van der Waals surface area contributed by atoms with Crippen molar-refractivity contribution in [1.82, 2.24) is 10.3 Å². The van der Waals surface area contributed by atoms with E-state index in [1.165, 1.54) is 21.2 Å². The van der Waals surface area contributed by atoms with Gasteiger partial charge >= 0.3 is 0 Å². The first-order valence-electron chi connectivity index (χ1n) is 6.46. The number of rotatable bonds is 4. The summed E-state index contributed by atoms with van der Waals surface area (Å²) in [5.41, 5.74) is 1.22. The van der Waals surface area contributed by atoms with E-state index in [1.54, 1.807) is 18.4 Å². The monoisotopic (exact) mass is 284 g/mol. The average Bonchev–Trinajstić information content (AvgIpc) is 2.97. The van der Waals surface area contributed by atoms with E-state index < -0.39 is 0 Å². The number of thiophene rings is 1. The minimum absolute atomic E-state index is 0.109. The van der Waals surface area contributed by atoms with E-state index in [1.807, 2.05) is 31.6 Å². The van der Waals surface area contributed by atoms with Gasteiger partial charge in [0.15, 0.2) is 0 Å². The van der Waals surface area contributed by atoms with E-state index in [-0.39, 0.29) is 6.04 Å². The van der Waals surface area contributed by atoms with Gasteiger partial charge in [-0.3, -0.25) is 4.98 Å². The largest absolute Gasteiger partial charge is 0.496 e. The number of pyridine rings is 1. The van der Waals surface area contributed by atoms with Crippen molar-refractivity contribution in [2.45, 2.75) is 6.04 Å². The van der Waals surface area contributed by atoms with Crippen LogP contribution in [0.4, 0.5) is 0 Å². The van der Waals surface area contributed by atoms with Crippen LogP contribution in [0.3, 0.4) is 0 Å². The lowest BCUT2D eigenvalue weighted by Gasteiger charge is -2.18. The molecule has 20 heavy (non-hydrogen) atoms. The molecule has 0 bridgehead atoms. The van der Waals surface area contributed by atoms with E-state index in [2.05, 4.69) is 33.9 Å². The standard InChI is InChI=1S/C16H16N2OS/c1-17-15(16-14(19-2)7-9-20-16)12-5-3-4-11-6-8-18-10-13(11)12/h3-10,15,17H,1-2H3. The number of nitrogens with one attached hydrogen (secondary N) is 1. The highest BCUT2D eigenvalue weighted by molar-refractivity contribution is 7.10. The number of methoxy groups -OCH3 is 1. The molecule has 1 N–H and O–H groups in total. The highest BCUT2D eigenvalue weighted by Crippen LogP contribution is 2.36. The Hall–Kier alpha value is -1.91. The van der Waals surface area contributed by atoms with Crippen LogP contribution < -0.4 is 10.1 Å². The summed E-state index contributed by atoms with van der Waals surface area (Å²) in [5.74, 6) is 0.926. The molecule has 102 valence electrons. The molecule has 2 heterocycles. The number of nitrogens with zero attached hydrogens (tertiary/aromatic N) is 1. The molecule has 0 aliphatic heterocycles. The Morgan fingerprint density at radius 3 is 2.95 bits per heavy atom. The van der Waals surface area contributed by atoms with Gasteiger partial charge in [0, 0.05) is 17.8 Å². The van der Waals surface area contributed by atoms with Crippen LogP contribution in [0.1, 0.15) is 16.5 Å². The Balaban J connectivity index is 2.17. The summed E-state index contributed by atoms with van der Waals surface area (Å²) < 4.78 is 5.46. The van der Waals surface area contributed by atoms with Crippen molar-refractivity contribution in [3.05, 3.63) is 58.5 Å². The molecule has 0 aliphatic rings. The zero-order valence-electron chi connectivity index (χ0n) is 11.5. The first-order chi connectivity index (χ1) is 9.85. The Labute approximate surface area is 122 Å². The number of fused-ring (bicyclic) bond motifs is 1. The molecule has 4 heteroatoms. The van der Waals surface area contributed by atoms with Crippen LogP contribution in [0.5, 0.6) is 5.75 Å². The van der Waals surface area contributed by atoms with Gasteiger partial charge in [-0.15, -0.1) is 11.3 Å². The molecule has 3 nitrogen and oxygen atoms in total. The summed E-state index contributed by atoms with van der Waals surface area (Å²) in [6.07, 6.45) is 3.75. The lowest BCUT2D eigenvalue weighted by Crippen LogP contribution is -2.17. The summed E-state index contributed by atoms with van der Waals surface area (Å²) in [6.45, 7) is 0. The van der Waals surface area contributed by atoms with Gasteiger partial charge in [-0.2, -0.15) is 0 Å². The molecule has 1 aromatic carbocycles. The number of benzene rings is 1. The van der Waals surface area contributed by atoms with Gasteiger partial charge in [-0.05, 0) is 35.5 Å². The van der Waals surface area contributed by atoms with Crippen molar-refractivity contribution < 1.29 is 4.74 Å². The lowest BCUT2D eigenvalue weighted by molar-refractivity contribution is 0.409. The smallest absolute Gasteiger partial charge is 0.134 e. The van der Waals surface area contributed by atoms with Gasteiger partial charge in [0.2, 0.25) is 0 Å². The number of hydrogen-bond acceptors (Lipinski definition) is 4. The maximum absolute atomic E-state index is 5.46.